The Kier molecular flexibility index (Phi) is 6.30. The monoisotopic (exact) mass is 305 g/mol. The summed E-state index contributed by atoms with van der Waals surface area (Å²) in [5.41, 5.74) is 1.81. The number of rotatable bonds is 8. The SMILES string of the molecule is CNCCNC(=O)CSCc1coc(-c2ccccc2)n1. The van der Waals surface area contributed by atoms with Gasteiger partial charge in [-0.25, -0.2) is 4.98 Å². The maximum Gasteiger partial charge on any atom is 0.230 e. The number of thioether (sulfide) groups is 1. The average Bonchev–Trinajstić information content (AvgIpc) is 2.97. The van der Waals surface area contributed by atoms with Crippen molar-refractivity contribution < 1.29 is 9.21 Å². The number of oxazole rings is 1. The van der Waals surface area contributed by atoms with Crippen molar-refractivity contribution in [3.63, 3.8) is 0 Å². The lowest BCUT2D eigenvalue weighted by Crippen LogP contribution is -2.31. The molecule has 2 N–H and O–H groups in total. The van der Waals surface area contributed by atoms with Crippen LogP contribution in [0, 0.1) is 0 Å². The molecule has 1 heterocycles. The molecule has 21 heavy (non-hydrogen) atoms. The van der Waals surface area contributed by atoms with Crippen molar-refractivity contribution in [1.82, 2.24) is 15.6 Å². The molecule has 0 saturated carbocycles. The third-order valence-corrected chi connectivity index (χ3v) is 3.72. The van der Waals surface area contributed by atoms with Crippen LogP contribution in [0.4, 0.5) is 0 Å². The number of benzene rings is 1. The summed E-state index contributed by atoms with van der Waals surface area (Å²) in [5, 5.41) is 5.81. The summed E-state index contributed by atoms with van der Waals surface area (Å²) in [4.78, 5) is 16.0. The van der Waals surface area contributed by atoms with E-state index in [4.69, 9.17) is 4.42 Å². The number of aromatic nitrogens is 1. The van der Waals surface area contributed by atoms with Gasteiger partial charge in [-0.2, -0.15) is 0 Å². The first-order valence-corrected chi connectivity index (χ1v) is 7.94. The highest BCUT2D eigenvalue weighted by Gasteiger charge is 2.07. The molecular formula is C15H19N3O2S. The molecule has 1 aromatic heterocycles. The molecule has 0 aliphatic carbocycles. The van der Waals surface area contributed by atoms with Gasteiger partial charge in [-0.05, 0) is 19.2 Å². The first kappa shape index (κ1) is 15.6. The van der Waals surface area contributed by atoms with Crippen LogP contribution in [0.2, 0.25) is 0 Å². The second-order valence-corrected chi connectivity index (χ2v) is 5.44. The zero-order valence-corrected chi connectivity index (χ0v) is 12.8. The lowest BCUT2D eigenvalue weighted by Gasteiger charge is -2.03. The van der Waals surface area contributed by atoms with Gasteiger partial charge in [-0.3, -0.25) is 4.79 Å². The number of nitrogens with zero attached hydrogens (tertiary/aromatic N) is 1. The Morgan fingerprint density at radius 1 is 1.29 bits per heavy atom. The van der Waals surface area contributed by atoms with E-state index in [1.54, 1.807) is 6.26 Å². The Hall–Kier alpha value is -1.79. The maximum absolute atomic E-state index is 11.5. The van der Waals surface area contributed by atoms with Crippen LogP contribution in [0.3, 0.4) is 0 Å². The van der Waals surface area contributed by atoms with Crippen LogP contribution < -0.4 is 10.6 Å². The fourth-order valence-corrected chi connectivity index (χ4v) is 2.44. The van der Waals surface area contributed by atoms with Gasteiger partial charge in [-0.1, -0.05) is 18.2 Å². The first-order valence-electron chi connectivity index (χ1n) is 6.78. The number of hydrogen-bond acceptors (Lipinski definition) is 5. The molecule has 1 amide bonds. The molecule has 112 valence electrons. The number of carbonyl (C=O) groups excluding carboxylic acids is 1. The van der Waals surface area contributed by atoms with Crippen LogP contribution in [-0.4, -0.2) is 36.8 Å². The quantitative estimate of drug-likeness (QED) is 0.729. The Balaban J connectivity index is 1.75. The standard InChI is InChI=1S/C15H19N3O2S/c1-16-7-8-17-14(19)11-21-10-13-9-20-15(18-13)12-5-3-2-4-6-12/h2-6,9,16H,7-8,10-11H2,1H3,(H,17,19). The van der Waals surface area contributed by atoms with E-state index >= 15 is 0 Å². The number of hydrogen-bond donors (Lipinski definition) is 2. The number of carbonyl (C=O) groups is 1. The van der Waals surface area contributed by atoms with E-state index in [9.17, 15) is 4.79 Å². The molecule has 0 saturated heterocycles. The summed E-state index contributed by atoms with van der Waals surface area (Å²) in [7, 11) is 1.86. The van der Waals surface area contributed by atoms with Crippen LogP contribution in [0.5, 0.6) is 0 Å². The molecule has 0 fully saturated rings. The summed E-state index contributed by atoms with van der Waals surface area (Å²) < 4.78 is 5.45. The van der Waals surface area contributed by atoms with Gasteiger partial charge in [0.15, 0.2) is 0 Å². The van der Waals surface area contributed by atoms with Crippen molar-refractivity contribution in [2.75, 3.05) is 25.9 Å². The Labute approximate surface area is 128 Å². The highest BCUT2D eigenvalue weighted by atomic mass is 32.2. The molecule has 0 unspecified atom stereocenters. The van der Waals surface area contributed by atoms with Gasteiger partial charge in [0.1, 0.15) is 6.26 Å². The van der Waals surface area contributed by atoms with E-state index in [2.05, 4.69) is 15.6 Å². The van der Waals surface area contributed by atoms with Crippen LogP contribution >= 0.6 is 11.8 Å². The number of amides is 1. The van der Waals surface area contributed by atoms with Crippen LogP contribution in [0.25, 0.3) is 11.5 Å². The normalized spacial score (nSPS) is 10.5. The van der Waals surface area contributed by atoms with Gasteiger partial charge < -0.3 is 15.1 Å². The molecule has 2 rings (SSSR count). The molecule has 1 aromatic carbocycles. The largest absolute Gasteiger partial charge is 0.444 e. The van der Waals surface area contributed by atoms with Crippen molar-refractivity contribution in [1.29, 1.82) is 0 Å². The second kappa shape index (κ2) is 8.49. The summed E-state index contributed by atoms with van der Waals surface area (Å²) >= 11 is 1.53. The van der Waals surface area contributed by atoms with Gasteiger partial charge in [-0.15, -0.1) is 11.8 Å². The van der Waals surface area contributed by atoms with E-state index < -0.39 is 0 Å². The van der Waals surface area contributed by atoms with Crippen LogP contribution in [0.1, 0.15) is 5.69 Å². The topological polar surface area (TPSA) is 67.2 Å². The minimum atomic E-state index is 0.0435. The highest BCUT2D eigenvalue weighted by Crippen LogP contribution is 2.20. The Bertz CT molecular complexity index is 557. The summed E-state index contributed by atoms with van der Waals surface area (Å²) in [5.74, 6) is 1.75. The molecule has 0 aliphatic heterocycles. The molecule has 0 radical (unpaired) electrons. The van der Waals surface area contributed by atoms with Crippen molar-refractivity contribution in [3.05, 3.63) is 42.3 Å². The second-order valence-electron chi connectivity index (χ2n) is 4.46. The zero-order valence-electron chi connectivity index (χ0n) is 12.0. The van der Waals surface area contributed by atoms with Gasteiger partial charge in [0.25, 0.3) is 0 Å². The molecule has 0 aliphatic rings. The molecule has 2 aromatic rings. The molecule has 5 nitrogen and oxygen atoms in total. The number of nitrogens with one attached hydrogen (secondary N) is 2. The fourth-order valence-electron chi connectivity index (χ4n) is 1.71. The number of likely N-dealkylation sites (N-methyl/N-ethyl adjacent to an activating group) is 1. The fraction of sp³-hybridized carbons (Fsp3) is 0.333. The minimum absolute atomic E-state index is 0.0435. The molecule has 0 bridgehead atoms. The van der Waals surface area contributed by atoms with Gasteiger partial charge in [0, 0.05) is 24.4 Å². The van der Waals surface area contributed by atoms with Crippen LogP contribution in [-0.2, 0) is 10.5 Å². The Morgan fingerprint density at radius 3 is 2.86 bits per heavy atom. The molecular weight excluding hydrogens is 286 g/mol. The summed E-state index contributed by atoms with van der Waals surface area (Å²) in [6.07, 6.45) is 1.65. The lowest BCUT2D eigenvalue weighted by atomic mass is 10.2. The minimum Gasteiger partial charge on any atom is -0.444 e. The van der Waals surface area contributed by atoms with Crippen molar-refractivity contribution >= 4 is 17.7 Å². The van der Waals surface area contributed by atoms with E-state index in [1.807, 2.05) is 37.4 Å². The first-order chi connectivity index (χ1) is 10.3. The summed E-state index contributed by atoms with van der Waals surface area (Å²) in [6, 6.07) is 9.76. The van der Waals surface area contributed by atoms with Crippen LogP contribution in [0.15, 0.2) is 41.0 Å². The van der Waals surface area contributed by atoms with E-state index in [1.165, 1.54) is 11.8 Å². The van der Waals surface area contributed by atoms with Crippen molar-refractivity contribution in [3.8, 4) is 11.5 Å². The molecule has 0 spiro atoms. The van der Waals surface area contributed by atoms with E-state index in [0.29, 0.717) is 23.9 Å². The third-order valence-electron chi connectivity index (χ3n) is 2.75. The smallest absolute Gasteiger partial charge is 0.230 e. The zero-order chi connectivity index (χ0) is 14.9. The summed E-state index contributed by atoms with van der Waals surface area (Å²) in [6.45, 7) is 1.43. The maximum atomic E-state index is 11.5. The van der Waals surface area contributed by atoms with E-state index in [-0.39, 0.29) is 5.91 Å². The molecule has 0 atom stereocenters. The highest BCUT2D eigenvalue weighted by molar-refractivity contribution is 7.99. The van der Waals surface area contributed by atoms with Crippen molar-refractivity contribution in [2.24, 2.45) is 0 Å². The third kappa shape index (κ3) is 5.24. The molecule has 6 heteroatoms. The van der Waals surface area contributed by atoms with Gasteiger partial charge in [0.2, 0.25) is 11.8 Å². The van der Waals surface area contributed by atoms with Crippen molar-refractivity contribution in [2.45, 2.75) is 5.75 Å². The van der Waals surface area contributed by atoms with Gasteiger partial charge in [0.05, 0.1) is 11.4 Å². The Morgan fingerprint density at radius 2 is 2.10 bits per heavy atom. The average molecular weight is 305 g/mol. The predicted octanol–water partition coefficient (Wildman–Crippen LogP) is 1.91. The predicted molar refractivity (Wildman–Crippen MR) is 85.0 cm³/mol. The lowest BCUT2D eigenvalue weighted by molar-refractivity contribution is -0.118. The van der Waals surface area contributed by atoms with E-state index in [0.717, 1.165) is 17.8 Å². The van der Waals surface area contributed by atoms with Gasteiger partial charge >= 0.3 is 0 Å².